The van der Waals surface area contributed by atoms with E-state index in [1.807, 2.05) is 0 Å². The normalized spacial score (nSPS) is 18.0. The molecule has 0 aliphatic carbocycles. The molecule has 0 radical (unpaired) electrons. The molecular weight excluding hydrogens is 274 g/mol. The van der Waals surface area contributed by atoms with Crippen molar-refractivity contribution in [3.8, 4) is 5.75 Å². The Morgan fingerprint density at radius 2 is 2.24 bits per heavy atom. The molecule has 0 unspecified atom stereocenters. The van der Waals surface area contributed by atoms with E-state index < -0.39 is 5.97 Å². The second-order valence-corrected chi connectivity index (χ2v) is 4.83. The Morgan fingerprint density at radius 1 is 1.38 bits per heavy atom. The first-order chi connectivity index (χ1) is 10.2. The highest BCUT2D eigenvalue weighted by atomic mass is 16.5. The maximum absolute atomic E-state index is 11.8. The fourth-order valence-electron chi connectivity index (χ4n) is 2.12. The third-order valence-electron chi connectivity index (χ3n) is 3.22. The summed E-state index contributed by atoms with van der Waals surface area (Å²) in [6.07, 6.45) is 2.42. The second-order valence-electron chi connectivity index (χ2n) is 4.83. The van der Waals surface area contributed by atoms with Crippen LogP contribution in [0, 0.1) is 0 Å². The van der Waals surface area contributed by atoms with E-state index in [1.165, 1.54) is 12.1 Å². The number of aromatic carboxylic acids is 1. The van der Waals surface area contributed by atoms with E-state index in [-0.39, 0.29) is 24.2 Å². The van der Waals surface area contributed by atoms with Crippen molar-refractivity contribution in [3.05, 3.63) is 29.8 Å². The van der Waals surface area contributed by atoms with Crippen LogP contribution in [0.5, 0.6) is 5.75 Å². The fraction of sp³-hybridized carbons (Fsp3) is 0.467. The number of hydrogen-bond acceptors (Lipinski definition) is 4. The van der Waals surface area contributed by atoms with Crippen LogP contribution in [0.2, 0.25) is 0 Å². The van der Waals surface area contributed by atoms with Gasteiger partial charge < -0.3 is 19.9 Å². The van der Waals surface area contributed by atoms with Crippen molar-refractivity contribution in [2.75, 3.05) is 19.8 Å². The summed E-state index contributed by atoms with van der Waals surface area (Å²) in [5.41, 5.74) is 0.173. The summed E-state index contributed by atoms with van der Waals surface area (Å²) in [5, 5.41) is 11.6. The van der Waals surface area contributed by atoms with Crippen LogP contribution in [-0.4, -0.2) is 42.8 Å². The van der Waals surface area contributed by atoms with Crippen LogP contribution >= 0.6 is 0 Å². The van der Waals surface area contributed by atoms with Crippen LogP contribution in [0.4, 0.5) is 0 Å². The standard InChI is InChI=1S/C15H19NO5/c17-14(13-6-1-2-8-21-13)16-7-9-20-12-5-3-4-11(10-12)15(18)19/h3-5,10,13H,1-2,6-9H2,(H,16,17)(H,18,19)/t13-/m0/s1. The molecular formula is C15H19NO5. The first kappa shape index (κ1) is 15.3. The number of benzene rings is 1. The fourth-order valence-corrected chi connectivity index (χ4v) is 2.12. The summed E-state index contributed by atoms with van der Waals surface area (Å²) in [6, 6.07) is 6.25. The molecule has 2 N–H and O–H groups in total. The number of ether oxygens (including phenoxy) is 2. The Bertz CT molecular complexity index is 497. The number of hydrogen-bond donors (Lipinski definition) is 2. The quantitative estimate of drug-likeness (QED) is 0.775. The van der Waals surface area contributed by atoms with Crippen LogP contribution in [0.15, 0.2) is 24.3 Å². The molecule has 1 atom stereocenters. The van der Waals surface area contributed by atoms with Crippen LogP contribution in [-0.2, 0) is 9.53 Å². The zero-order valence-corrected chi connectivity index (χ0v) is 11.7. The SMILES string of the molecule is O=C(O)c1cccc(OCCNC(=O)[C@@H]2CCCCO2)c1. The molecule has 1 fully saturated rings. The Kier molecular flexibility index (Phi) is 5.57. The minimum atomic E-state index is -0.997. The Hall–Kier alpha value is -2.08. The van der Waals surface area contributed by atoms with E-state index in [0.717, 1.165) is 19.3 Å². The van der Waals surface area contributed by atoms with Crippen LogP contribution in [0.1, 0.15) is 29.6 Å². The van der Waals surface area contributed by atoms with Gasteiger partial charge in [-0.2, -0.15) is 0 Å². The Labute approximate surface area is 123 Å². The van der Waals surface area contributed by atoms with Crippen LogP contribution in [0.25, 0.3) is 0 Å². The van der Waals surface area contributed by atoms with Crippen LogP contribution in [0.3, 0.4) is 0 Å². The molecule has 1 aliphatic heterocycles. The van der Waals surface area contributed by atoms with Crippen molar-refractivity contribution in [1.29, 1.82) is 0 Å². The lowest BCUT2D eigenvalue weighted by Crippen LogP contribution is -2.40. The van der Waals surface area contributed by atoms with Gasteiger partial charge in [0.1, 0.15) is 18.5 Å². The van der Waals surface area contributed by atoms with Crippen molar-refractivity contribution in [2.24, 2.45) is 0 Å². The van der Waals surface area contributed by atoms with Gasteiger partial charge in [-0.25, -0.2) is 4.79 Å². The van der Waals surface area contributed by atoms with Gasteiger partial charge in [-0.1, -0.05) is 6.07 Å². The monoisotopic (exact) mass is 293 g/mol. The molecule has 0 spiro atoms. The van der Waals surface area contributed by atoms with Gasteiger partial charge >= 0.3 is 5.97 Å². The largest absolute Gasteiger partial charge is 0.492 e. The topological polar surface area (TPSA) is 84.9 Å². The van der Waals surface area contributed by atoms with Crippen molar-refractivity contribution < 1.29 is 24.2 Å². The lowest BCUT2D eigenvalue weighted by molar-refractivity contribution is -0.135. The minimum absolute atomic E-state index is 0.113. The molecule has 6 nitrogen and oxygen atoms in total. The third-order valence-corrected chi connectivity index (χ3v) is 3.22. The lowest BCUT2D eigenvalue weighted by Gasteiger charge is -2.21. The predicted octanol–water partition coefficient (Wildman–Crippen LogP) is 1.45. The van der Waals surface area contributed by atoms with Gasteiger partial charge in [0.15, 0.2) is 0 Å². The highest BCUT2D eigenvalue weighted by molar-refractivity contribution is 5.88. The molecule has 114 valence electrons. The van der Waals surface area contributed by atoms with Crippen LogP contribution < -0.4 is 10.1 Å². The molecule has 0 bridgehead atoms. The average Bonchev–Trinajstić information content (AvgIpc) is 2.52. The summed E-state index contributed by atoms with van der Waals surface area (Å²) in [5.74, 6) is -0.640. The van der Waals surface area contributed by atoms with Crippen molar-refractivity contribution >= 4 is 11.9 Å². The molecule has 2 rings (SSSR count). The summed E-state index contributed by atoms with van der Waals surface area (Å²) in [4.78, 5) is 22.6. The van der Waals surface area contributed by atoms with Gasteiger partial charge in [-0.3, -0.25) is 4.79 Å². The van der Waals surface area contributed by atoms with E-state index in [0.29, 0.717) is 18.9 Å². The number of carbonyl (C=O) groups excluding carboxylic acids is 1. The number of carbonyl (C=O) groups is 2. The van der Waals surface area contributed by atoms with Crippen molar-refractivity contribution in [2.45, 2.75) is 25.4 Å². The molecule has 1 aliphatic rings. The summed E-state index contributed by atoms with van der Waals surface area (Å²) in [6.45, 7) is 1.27. The average molecular weight is 293 g/mol. The third kappa shape index (κ3) is 4.75. The molecule has 0 aromatic heterocycles. The van der Waals surface area contributed by atoms with Gasteiger partial charge in [0, 0.05) is 6.61 Å². The molecule has 21 heavy (non-hydrogen) atoms. The van der Waals surface area contributed by atoms with E-state index in [1.54, 1.807) is 12.1 Å². The number of carboxylic acid groups (broad SMARTS) is 1. The van der Waals surface area contributed by atoms with Gasteiger partial charge in [-0.05, 0) is 37.5 Å². The molecule has 1 heterocycles. The maximum atomic E-state index is 11.8. The zero-order chi connectivity index (χ0) is 15.1. The Morgan fingerprint density at radius 3 is 2.95 bits per heavy atom. The smallest absolute Gasteiger partial charge is 0.335 e. The second kappa shape index (κ2) is 7.64. The predicted molar refractivity (Wildman–Crippen MR) is 75.5 cm³/mol. The first-order valence-electron chi connectivity index (χ1n) is 7.02. The summed E-state index contributed by atoms with van der Waals surface area (Å²) in [7, 11) is 0. The van der Waals surface area contributed by atoms with Gasteiger partial charge in [0.2, 0.25) is 5.91 Å². The highest BCUT2D eigenvalue weighted by Gasteiger charge is 2.21. The number of nitrogens with one attached hydrogen (secondary N) is 1. The molecule has 1 saturated heterocycles. The van der Waals surface area contributed by atoms with E-state index in [2.05, 4.69) is 5.32 Å². The van der Waals surface area contributed by atoms with E-state index in [4.69, 9.17) is 14.6 Å². The minimum Gasteiger partial charge on any atom is -0.492 e. The molecule has 0 saturated carbocycles. The first-order valence-corrected chi connectivity index (χ1v) is 7.02. The highest BCUT2D eigenvalue weighted by Crippen LogP contribution is 2.14. The van der Waals surface area contributed by atoms with Gasteiger partial charge in [-0.15, -0.1) is 0 Å². The van der Waals surface area contributed by atoms with Gasteiger partial charge in [0.05, 0.1) is 12.1 Å². The number of amides is 1. The molecule has 1 amide bonds. The molecule has 1 aromatic carbocycles. The van der Waals surface area contributed by atoms with Crippen molar-refractivity contribution in [1.82, 2.24) is 5.32 Å². The molecule has 6 heteroatoms. The summed E-state index contributed by atoms with van der Waals surface area (Å²) >= 11 is 0. The Balaban J connectivity index is 1.70. The maximum Gasteiger partial charge on any atom is 0.335 e. The summed E-state index contributed by atoms with van der Waals surface area (Å²) < 4.78 is 10.8. The van der Waals surface area contributed by atoms with Crippen molar-refractivity contribution in [3.63, 3.8) is 0 Å². The number of rotatable bonds is 6. The lowest BCUT2D eigenvalue weighted by atomic mass is 10.1. The molecule has 1 aromatic rings. The van der Waals surface area contributed by atoms with Gasteiger partial charge in [0.25, 0.3) is 0 Å². The van der Waals surface area contributed by atoms with E-state index in [9.17, 15) is 9.59 Å². The number of carboxylic acids is 1. The zero-order valence-electron chi connectivity index (χ0n) is 11.7. The van der Waals surface area contributed by atoms with E-state index >= 15 is 0 Å².